The number of aliphatic hydroxyl groups is 1. The first-order valence-electron chi connectivity index (χ1n) is 6.70. The van der Waals surface area contributed by atoms with Gasteiger partial charge in [0.2, 0.25) is 0 Å². The van der Waals surface area contributed by atoms with Crippen molar-refractivity contribution in [2.45, 2.75) is 44.1 Å². The summed E-state index contributed by atoms with van der Waals surface area (Å²) < 4.78 is 11.9. The monoisotopic (exact) mass is 310 g/mol. The minimum atomic E-state index is -1.18. The molecule has 1 unspecified atom stereocenters. The molecule has 0 spiro atoms. The van der Waals surface area contributed by atoms with Gasteiger partial charge in [-0.25, -0.2) is 4.39 Å². The Hall–Kier alpha value is -1.40. The SMILES string of the molecule is C[C@H](NC1=NC(=O)C(C)(C(C)(C)O)S1)c1ccc(F)cc1. The van der Waals surface area contributed by atoms with Crippen LogP contribution < -0.4 is 5.32 Å². The first kappa shape index (κ1) is 16.0. The number of hydrogen-bond acceptors (Lipinski definition) is 4. The Balaban J connectivity index is 2.10. The highest BCUT2D eigenvalue weighted by Gasteiger charge is 2.51. The van der Waals surface area contributed by atoms with Crippen LogP contribution in [-0.2, 0) is 4.79 Å². The summed E-state index contributed by atoms with van der Waals surface area (Å²) in [5, 5.41) is 13.8. The second kappa shape index (κ2) is 5.42. The summed E-state index contributed by atoms with van der Waals surface area (Å²) in [4.78, 5) is 16.0. The minimum absolute atomic E-state index is 0.117. The predicted molar refractivity (Wildman–Crippen MR) is 82.7 cm³/mol. The van der Waals surface area contributed by atoms with Gasteiger partial charge in [-0.2, -0.15) is 4.99 Å². The molecule has 6 heteroatoms. The first-order chi connectivity index (χ1) is 9.63. The highest BCUT2D eigenvalue weighted by Crippen LogP contribution is 2.41. The van der Waals surface area contributed by atoms with Gasteiger partial charge in [-0.3, -0.25) is 4.79 Å². The summed E-state index contributed by atoms with van der Waals surface area (Å²) in [5.74, 6) is -0.642. The summed E-state index contributed by atoms with van der Waals surface area (Å²) in [6, 6.07) is 6.04. The number of aliphatic imine (C=N–C) groups is 1. The quantitative estimate of drug-likeness (QED) is 0.901. The molecule has 1 aliphatic rings. The van der Waals surface area contributed by atoms with Crippen molar-refractivity contribution in [2.75, 3.05) is 0 Å². The minimum Gasteiger partial charge on any atom is -0.388 e. The third-order valence-corrected chi connectivity index (χ3v) is 5.27. The van der Waals surface area contributed by atoms with Crippen molar-refractivity contribution in [3.05, 3.63) is 35.6 Å². The van der Waals surface area contributed by atoms with E-state index < -0.39 is 10.3 Å². The summed E-state index contributed by atoms with van der Waals surface area (Å²) >= 11 is 1.22. The lowest BCUT2D eigenvalue weighted by Gasteiger charge is -2.33. The van der Waals surface area contributed by atoms with E-state index in [9.17, 15) is 14.3 Å². The molecule has 0 bridgehead atoms. The van der Waals surface area contributed by atoms with E-state index in [2.05, 4.69) is 10.3 Å². The zero-order chi connectivity index (χ0) is 15.8. The predicted octanol–water partition coefficient (Wildman–Crippen LogP) is 2.64. The van der Waals surface area contributed by atoms with Crippen molar-refractivity contribution in [3.8, 4) is 0 Å². The van der Waals surface area contributed by atoms with E-state index in [1.807, 2.05) is 6.92 Å². The van der Waals surface area contributed by atoms with E-state index in [1.54, 1.807) is 32.9 Å². The summed E-state index contributed by atoms with van der Waals surface area (Å²) in [6.45, 7) is 6.78. The van der Waals surface area contributed by atoms with Crippen LogP contribution in [-0.4, -0.2) is 26.5 Å². The van der Waals surface area contributed by atoms with Gasteiger partial charge in [0.25, 0.3) is 5.91 Å². The van der Waals surface area contributed by atoms with Gasteiger partial charge in [0.05, 0.1) is 11.6 Å². The number of hydrogen-bond donors (Lipinski definition) is 2. The van der Waals surface area contributed by atoms with Crippen LogP contribution in [0, 0.1) is 5.82 Å². The van der Waals surface area contributed by atoms with Crippen LogP contribution in [0.2, 0.25) is 0 Å². The maximum Gasteiger partial charge on any atom is 0.267 e. The number of carbonyl (C=O) groups excluding carboxylic acids is 1. The summed E-state index contributed by atoms with van der Waals surface area (Å²) in [5.41, 5.74) is -0.287. The van der Waals surface area contributed by atoms with E-state index in [1.165, 1.54) is 23.9 Å². The number of rotatable bonds is 3. The topological polar surface area (TPSA) is 61.7 Å². The molecular formula is C15H19FN2O2S. The highest BCUT2D eigenvalue weighted by atomic mass is 32.2. The van der Waals surface area contributed by atoms with Crippen molar-refractivity contribution >= 4 is 22.8 Å². The molecule has 114 valence electrons. The van der Waals surface area contributed by atoms with E-state index in [4.69, 9.17) is 0 Å². The zero-order valence-corrected chi connectivity index (χ0v) is 13.3. The molecule has 0 saturated carbocycles. The fourth-order valence-corrected chi connectivity index (χ4v) is 3.06. The van der Waals surface area contributed by atoms with Gasteiger partial charge in [-0.1, -0.05) is 23.9 Å². The molecule has 0 aliphatic carbocycles. The van der Waals surface area contributed by atoms with Crippen LogP contribution in [0.5, 0.6) is 0 Å². The lowest BCUT2D eigenvalue weighted by molar-refractivity contribution is -0.124. The van der Waals surface area contributed by atoms with E-state index >= 15 is 0 Å². The van der Waals surface area contributed by atoms with Gasteiger partial charge in [-0.15, -0.1) is 0 Å². The van der Waals surface area contributed by atoms with Crippen LogP contribution in [0.15, 0.2) is 29.3 Å². The standard InChI is InChI=1S/C15H19FN2O2S/c1-9(10-5-7-11(16)8-6-10)17-13-18-12(19)15(4,21-13)14(2,3)20/h5-9,20H,1-4H3,(H,17,18,19)/t9-,15?/m0/s1. The number of thioether (sulfide) groups is 1. The Bertz CT molecular complexity index is 580. The third kappa shape index (κ3) is 3.11. The number of amides is 1. The van der Waals surface area contributed by atoms with E-state index in [-0.39, 0.29) is 17.8 Å². The maximum absolute atomic E-state index is 12.9. The second-order valence-corrected chi connectivity index (χ2v) is 7.24. The molecule has 2 N–H and O–H groups in total. The fraction of sp³-hybridized carbons (Fsp3) is 0.467. The molecule has 21 heavy (non-hydrogen) atoms. The smallest absolute Gasteiger partial charge is 0.267 e. The average molecular weight is 310 g/mol. The van der Waals surface area contributed by atoms with Crippen molar-refractivity contribution in [1.29, 1.82) is 0 Å². The maximum atomic E-state index is 12.9. The molecule has 4 nitrogen and oxygen atoms in total. The van der Waals surface area contributed by atoms with Crippen LogP contribution in [0.1, 0.15) is 39.3 Å². The molecule has 2 rings (SSSR count). The van der Waals surface area contributed by atoms with Crippen molar-refractivity contribution in [2.24, 2.45) is 4.99 Å². The van der Waals surface area contributed by atoms with Crippen molar-refractivity contribution in [3.63, 3.8) is 0 Å². The van der Waals surface area contributed by atoms with E-state index in [0.29, 0.717) is 5.17 Å². The van der Waals surface area contributed by atoms with Crippen LogP contribution in [0.3, 0.4) is 0 Å². The Kier molecular flexibility index (Phi) is 4.13. The Morgan fingerprint density at radius 3 is 2.43 bits per heavy atom. The molecular weight excluding hydrogens is 291 g/mol. The van der Waals surface area contributed by atoms with Gasteiger partial charge in [0.1, 0.15) is 10.6 Å². The molecule has 0 aromatic heterocycles. The molecule has 0 radical (unpaired) electrons. The number of amidine groups is 1. The number of benzene rings is 1. The van der Waals surface area contributed by atoms with Crippen LogP contribution in [0.25, 0.3) is 0 Å². The molecule has 0 fully saturated rings. The Morgan fingerprint density at radius 1 is 1.38 bits per heavy atom. The molecule has 1 amide bonds. The largest absolute Gasteiger partial charge is 0.388 e. The van der Waals surface area contributed by atoms with Gasteiger partial charge in [-0.05, 0) is 45.4 Å². The second-order valence-electron chi connectivity index (χ2n) is 5.83. The van der Waals surface area contributed by atoms with Gasteiger partial charge < -0.3 is 10.4 Å². The Morgan fingerprint density at radius 2 is 1.95 bits per heavy atom. The zero-order valence-electron chi connectivity index (χ0n) is 12.5. The number of carbonyl (C=O) groups is 1. The van der Waals surface area contributed by atoms with Crippen LogP contribution >= 0.6 is 11.8 Å². The van der Waals surface area contributed by atoms with Crippen molar-refractivity contribution in [1.82, 2.24) is 5.32 Å². The fourth-order valence-electron chi connectivity index (χ4n) is 1.93. The third-order valence-electron chi connectivity index (χ3n) is 3.79. The van der Waals surface area contributed by atoms with Crippen LogP contribution in [0.4, 0.5) is 4.39 Å². The molecule has 1 aromatic rings. The lowest BCUT2D eigenvalue weighted by atomic mass is 9.91. The molecule has 1 aliphatic heterocycles. The number of halogens is 1. The average Bonchev–Trinajstić information content (AvgIpc) is 2.66. The lowest BCUT2D eigenvalue weighted by Crippen LogP contribution is -2.49. The summed E-state index contributed by atoms with van der Waals surface area (Å²) in [7, 11) is 0. The number of nitrogens with one attached hydrogen (secondary N) is 1. The van der Waals surface area contributed by atoms with Gasteiger partial charge >= 0.3 is 0 Å². The molecule has 1 heterocycles. The van der Waals surface area contributed by atoms with Gasteiger partial charge in [0.15, 0.2) is 5.17 Å². The molecule has 1 aromatic carbocycles. The first-order valence-corrected chi connectivity index (χ1v) is 7.51. The molecule has 2 atom stereocenters. The molecule has 0 saturated heterocycles. The Labute approximate surface area is 127 Å². The van der Waals surface area contributed by atoms with Crippen molar-refractivity contribution < 1.29 is 14.3 Å². The number of nitrogens with zero attached hydrogens (tertiary/aromatic N) is 1. The van der Waals surface area contributed by atoms with Gasteiger partial charge in [0, 0.05) is 0 Å². The van der Waals surface area contributed by atoms with E-state index in [0.717, 1.165) is 5.56 Å². The summed E-state index contributed by atoms with van der Waals surface area (Å²) in [6.07, 6.45) is 0. The normalized spacial score (nSPS) is 23.9. The highest BCUT2D eigenvalue weighted by molar-refractivity contribution is 8.16.